The van der Waals surface area contributed by atoms with Crippen LogP contribution in [0.15, 0.2) is 40.3 Å². The van der Waals surface area contributed by atoms with Gasteiger partial charge in [-0.3, -0.25) is 4.79 Å². The molecule has 3 nitrogen and oxygen atoms in total. The molecule has 2 bridgehead atoms. The van der Waals surface area contributed by atoms with E-state index in [2.05, 4.69) is 31.3 Å². The lowest BCUT2D eigenvalue weighted by atomic mass is 9.70. The highest BCUT2D eigenvalue weighted by Gasteiger charge is 2.59. The number of nitrogens with zero attached hydrogens (tertiary/aromatic N) is 1. The number of nitrogens with one attached hydrogen (secondary N) is 1. The number of carbonyl (C=O) groups excluding carboxylic acids is 1. The van der Waals surface area contributed by atoms with Crippen LogP contribution in [0.4, 0.5) is 0 Å². The Kier molecular flexibility index (Phi) is 4.06. The topological polar surface area (TPSA) is 41.5 Å². The molecule has 0 heterocycles. The molecule has 4 heteroatoms. The SMILES string of the molecule is CC1(C)[C@@H]2CC[C@@]1(C)/C(=N/NC(=O)CSc1ccccc1)C2. The fourth-order valence-electron chi connectivity index (χ4n) is 3.93. The first kappa shape index (κ1) is 15.6. The zero-order valence-electron chi connectivity index (χ0n) is 13.6. The zero-order valence-corrected chi connectivity index (χ0v) is 14.4. The summed E-state index contributed by atoms with van der Waals surface area (Å²) in [4.78, 5) is 13.1. The van der Waals surface area contributed by atoms with Crippen molar-refractivity contribution in [2.75, 3.05) is 5.75 Å². The van der Waals surface area contributed by atoms with Crippen LogP contribution < -0.4 is 5.43 Å². The third-order valence-corrected chi connectivity index (χ3v) is 6.95. The van der Waals surface area contributed by atoms with E-state index in [0.29, 0.717) is 17.1 Å². The maximum Gasteiger partial charge on any atom is 0.250 e. The number of hydrogen-bond donors (Lipinski definition) is 1. The molecule has 118 valence electrons. The van der Waals surface area contributed by atoms with Crippen LogP contribution >= 0.6 is 11.8 Å². The maximum atomic E-state index is 12.0. The molecule has 2 aliphatic carbocycles. The first-order chi connectivity index (χ1) is 10.4. The molecule has 0 unspecified atom stereocenters. The Hall–Kier alpha value is -1.29. The molecule has 2 atom stereocenters. The van der Waals surface area contributed by atoms with E-state index >= 15 is 0 Å². The molecule has 3 rings (SSSR count). The van der Waals surface area contributed by atoms with Gasteiger partial charge in [-0.25, -0.2) is 5.43 Å². The molecule has 22 heavy (non-hydrogen) atoms. The average Bonchev–Trinajstić information content (AvgIpc) is 2.85. The Morgan fingerprint density at radius 3 is 2.64 bits per heavy atom. The van der Waals surface area contributed by atoms with E-state index < -0.39 is 0 Å². The number of carbonyl (C=O) groups is 1. The Labute approximate surface area is 136 Å². The molecule has 0 aromatic heterocycles. The van der Waals surface area contributed by atoms with E-state index in [1.54, 1.807) is 11.8 Å². The van der Waals surface area contributed by atoms with Gasteiger partial charge in [-0.05, 0) is 42.7 Å². The Bertz CT molecular complexity index is 596. The highest BCUT2D eigenvalue weighted by molar-refractivity contribution is 8.00. The molecule has 1 aromatic carbocycles. The fourth-order valence-corrected chi connectivity index (χ4v) is 4.64. The minimum atomic E-state index is -0.0227. The van der Waals surface area contributed by atoms with E-state index in [9.17, 15) is 4.79 Å². The quantitative estimate of drug-likeness (QED) is 0.671. The lowest BCUT2D eigenvalue weighted by molar-refractivity contribution is -0.118. The van der Waals surface area contributed by atoms with Crippen molar-refractivity contribution in [3.8, 4) is 0 Å². The van der Waals surface area contributed by atoms with Gasteiger partial charge < -0.3 is 0 Å². The van der Waals surface area contributed by atoms with Gasteiger partial charge in [-0.1, -0.05) is 39.0 Å². The molecule has 1 N–H and O–H groups in total. The van der Waals surface area contributed by atoms with Gasteiger partial charge in [-0.15, -0.1) is 11.8 Å². The summed E-state index contributed by atoms with van der Waals surface area (Å²) in [7, 11) is 0. The number of rotatable bonds is 4. The highest BCUT2D eigenvalue weighted by atomic mass is 32.2. The third kappa shape index (κ3) is 2.58. The first-order valence-electron chi connectivity index (χ1n) is 7.97. The van der Waals surface area contributed by atoms with E-state index in [1.165, 1.54) is 18.6 Å². The average molecular weight is 316 g/mol. The van der Waals surface area contributed by atoms with Gasteiger partial charge in [0.1, 0.15) is 0 Å². The summed E-state index contributed by atoms with van der Waals surface area (Å²) in [5.74, 6) is 1.10. The molecular weight excluding hydrogens is 292 g/mol. The summed E-state index contributed by atoms with van der Waals surface area (Å²) >= 11 is 1.54. The fraction of sp³-hybridized carbons (Fsp3) is 0.556. The Morgan fingerprint density at radius 2 is 2.05 bits per heavy atom. The van der Waals surface area contributed by atoms with Gasteiger partial charge in [-0.2, -0.15) is 5.10 Å². The molecule has 1 amide bonds. The van der Waals surface area contributed by atoms with Crippen molar-refractivity contribution in [3.05, 3.63) is 30.3 Å². The summed E-state index contributed by atoms with van der Waals surface area (Å²) in [6, 6.07) is 9.98. The van der Waals surface area contributed by atoms with Gasteiger partial charge in [0, 0.05) is 16.0 Å². The summed E-state index contributed by atoms with van der Waals surface area (Å²) in [6.45, 7) is 7.00. The van der Waals surface area contributed by atoms with Crippen LogP contribution in [-0.4, -0.2) is 17.4 Å². The van der Waals surface area contributed by atoms with E-state index in [-0.39, 0.29) is 11.3 Å². The van der Waals surface area contributed by atoms with Crippen LogP contribution in [0, 0.1) is 16.7 Å². The molecule has 0 spiro atoms. The standard InChI is InChI=1S/C18H24N2OS/c1-17(2)13-9-10-18(17,3)15(11-13)19-20-16(21)12-22-14-7-5-4-6-8-14/h4-8,13H,9-12H2,1-3H3,(H,20,21)/b19-15+/t13-,18+/m1/s1. The van der Waals surface area contributed by atoms with Gasteiger partial charge in [0.15, 0.2) is 0 Å². The van der Waals surface area contributed by atoms with Crippen LogP contribution in [0.1, 0.15) is 40.0 Å². The molecule has 2 aliphatic rings. The van der Waals surface area contributed by atoms with Crippen LogP contribution in [0.3, 0.4) is 0 Å². The first-order valence-corrected chi connectivity index (χ1v) is 8.96. The second kappa shape index (κ2) is 5.73. The summed E-state index contributed by atoms with van der Waals surface area (Å²) in [5.41, 5.74) is 4.41. The number of benzene rings is 1. The van der Waals surface area contributed by atoms with E-state index in [1.807, 2.05) is 30.3 Å². The lowest BCUT2D eigenvalue weighted by Crippen LogP contribution is -2.34. The molecule has 0 radical (unpaired) electrons. The summed E-state index contributed by atoms with van der Waals surface area (Å²) < 4.78 is 0. The number of thioether (sulfide) groups is 1. The molecule has 2 fully saturated rings. The van der Waals surface area contributed by atoms with Gasteiger partial charge >= 0.3 is 0 Å². The van der Waals surface area contributed by atoms with Gasteiger partial charge in [0.25, 0.3) is 0 Å². The van der Waals surface area contributed by atoms with Crippen molar-refractivity contribution < 1.29 is 4.79 Å². The second-order valence-corrected chi connectivity index (χ2v) is 8.24. The van der Waals surface area contributed by atoms with Crippen molar-refractivity contribution >= 4 is 23.4 Å². The number of hydrazone groups is 1. The second-order valence-electron chi connectivity index (χ2n) is 7.19. The smallest absolute Gasteiger partial charge is 0.250 e. The number of hydrogen-bond acceptors (Lipinski definition) is 3. The lowest BCUT2D eigenvalue weighted by Gasteiger charge is -2.34. The maximum absolute atomic E-state index is 12.0. The molecular formula is C18H24N2OS. The van der Waals surface area contributed by atoms with Crippen LogP contribution in [0.25, 0.3) is 0 Å². The molecule has 0 aliphatic heterocycles. The predicted octanol–water partition coefficient (Wildman–Crippen LogP) is 4.10. The largest absolute Gasteiger partial charge is 0.272 e. The molecule has 0 saturated heterocycles. The van der Waals surface area contributed by atoms with Crippen molar-refractivity contribution in [3.63, 3.8) is 0 Å². The van der Waals surface area contributed by atoms with E-state index in [0.717, 1.165) is 11.3 Å². The normalized spacial score (nSPS) is 30.7. The molecule has 1 aromatic rings. The summed E-state index contributed by atoms with van der Waals surface area (Å²) in [5, 5.41) is 4.49. The molecule has 2 saturated carbocycles. The minimum absolute atomic E-state index is 0.0227. The predicted molar refractivity (Wildman–Crippen MR) is 92.0 cm³/mol. The summed E-state index contributed by atoms with van der Waals surface area (Å²) in [6.07, 6.45) is 3.52. The van der Waals surface area contributed by atoms with E-state index in [4.69, 9.17) is 0 Å². The number of amides is 1. The van der Waals surface area contributed by atoms with Gasteiger partial charge in [0.2, 0.25) is 5.91 Å². The Balaban J connectivity index is 1.57. The Morgan fingerprint density at radius 1 is 1.32 bits per heavy atom. The van der Waals surface area contributed by atoms with Crippen LogP contribution in [-0.2, 0) is 4.79 Å². The van der Waals surface area contributed by atoms with Crippen LogP contribution in [0.5, 0.6) is 0 Å². The monoisotopic (exact) mass is 316 g/mol. The number of fused-ring (bicyclic) bond motifs is 2. The highest BCUT2D eigenvalue weighted by Crippen LogP contribution is 2.63. The minimum Gasteiger partial charge on any atom is -0.272 e. The van der Waals surface area contributed by atoms with Gasteiger partial charge in [0.05, 0.1) is 5.75 Å². The zero-order chi connectivity index (χ0) is 15.8. The van der Waals surface area contributed by atoms with Crippen LogP contribution in [0.2, 0.25) is 0 Å². The van der Waals surface area contributed by atoms with Crippen molar-refractivity contribution in [1.29, 1.82) is 0 Å². The van der Waals surface area contributed by atoms with Crippen molar-refractivity contribution in [1.82, 2.24) is 5.43 Å². The van der Waals surface area contributed by atoms with Crippen molar-refractivity contribution in [2.45, 2.75) is 44.9 Å². The third-order valence-electron chi connectivity index (χ3n) is 5.94. The van der Waals surface area contributed by atoms with Crippen molar-refractivity contribution in [2.24, 2.45) is 21.8 Å².